The van der Waals surface area contributed by atoms with Gasteiger partial charge in [0.25, 0.3) is 0 Å². The molecule has 1 N–H and O–H groups in total. The summed E-state index contributed by atoms with van der Waals surface area (Å²) < 4.78 is 5.32. The highest BCUT2D eigenvalue weighted by Crippen LogP contribution is 2.21. The van der Waals surface area contributed by atoms with Gasteiger partial charge in [-0.2, -0.15) is 4.98 Å². The molecule has 1 aliphatic heterocycles. The van der Waals surface area contributed by atoms with Gasteiger partial charge in [-0.15, -0.1) is 23.7 Å². The molecule has 1 saturated heterocycles. The minimum absolute atomic E-state index is 0. The number of thiophene rings is 1. The van der Waals surface area contributed by atoms with E-state index in [9.17, 15) is 4.79 Å². The van der Waals surface area contributed by atoms with Crippen LogP contribution >= 0.6 is 23.7 Å². The molecule has 0 bridgehead atoms. The predicted octanol–water partition coefficient (Wildman–Crippen LogP) is 1.52. The Morgan fingerprint density at radius 1 is 1.36 bits per heavy atom. The second kappa shape index (κ2) is 9.86. The predicted molar refractivity (Wildman–Crippen MR) is 100 cm³/mol. The topological polar surface area (TPSA) is 74.5 Å². The SMILES string of the molecule is CNCC(=O)N1CCN(CCCc2nc(-c3cccs3)no2)CC1.Cl. The van der Waals surface area contributed by atoms with Crippen molar-refractivity contribution in [2.45, 2.75) is 12.8 Å². The fourth-order valence-corrected chi connectivity index (χ4v) is 3.45. The molecule has 1 fully saturated rings. The van der Waals surface area contributed by atoms with Gasteiger partial charge < -0.3 is 14.7 Å². The summed E-state index contributed by atoms with van der Waals surface area (Å²) in [6.07, 6.45) is 1.77. The number of aryl methyl sites for hydroxylation is 1. The fraction of sp³-hybridized carbons (Fsp3) is 0.562. The van der Waals surface area contributed by atoms with Crippen molar-refractivity contribution in [2.24, 2.45) is 0 Å². The zero-order chi connectivity index (χ0) is 16.8. The van der Waals surface area contributed by atoms with Crippen LogP contribution in [0.5, 0.6) is 0 Å². The first kappa shape index (κ1) is 19.8. The summed E-state index contributed by atoms with van der Waals surface area (Å²) in [6.45, 7) is 4.89. The van der Waals surface area contributed by atoms with Crippen LogP contribution in [-0.2, 0) is 11.2 Å². The monoisotopic (exact) mass is 385 g/mol. The van der Waals surface area contributed by atoms with E-state index in [1.807, 2.05) is 22.4 Å². The van der Waals surface area contributed by atoms with Crippen LogP contribution < -0.4 is 5.32 Å². The molecule has 0 saturated carbocycles. The number of aromatic nitrogens is 2. The quantitative estimate of drug-likeness (QED) is 0.778. The van der Waals surface area contributed by atoms with Crippen LogP contribution in [0.15, 0.2) is 22.0 Å². The van der Waals surface area contributed by atoms with E-state index >= 15 is 0 Å². The first-order valence-electron chi connectivity index (χ1n) is 8.27. The lowest BCUT2D eigenvalue weighted by Gasteiger charge is -2.34. The zero-order valence-electron chi connectivity index (χ0n) is 14.3. The molecule has 0 atom stereocenters. The van der Waals surface area contributed by atoms with Gasteiger partial charge in [0, 0.05) is 32.6 Å². The summed E-state index contributed by atoms with van der Waals surface area (Å²) in [5, 5.41) is 8.95. The minimum Gasteiger partial charge on any atom is -0.339 e. The highest BCUT2D eigenvalue weighted by Gasteiger charge is 2.20. The zero-order valence-corrected chi connectivity index (χ0v) is 15.9. The number of amides is 1. The maximum absolute atomic E-state index is 11.8. The number of halogens is 1. The molecule has 0 radical (unpaired) electrons. The molecule has 0 aliphatic carbocycles. The molecule has 138 valence electrons. The molecule has 25 heavy (non-hydrogen) atoms. The van der Waals surface area contributed by atoms with Crippen LogP contribution in [0.3, 0.4) is 0 Å². The van der Waals surface area contributed by atoms with Crippen molar-refractivity contribution >= 4 is 29.7 Å². The van der Waals surface area contributed by atoms with Crippen molar-refractivity contribution in [1.29, 1.82) is 0 Å². The van der Waals surface area contributed by atoms with Crippen molar-refractivity contribution in [3.8, 4) is 10.7 Å². The molecule has 9 heteroatoms. The number of piperazine rings is 1. The molecule has 0 spiro atoms. The van der Waals surface area contributed by atoms with Gasteiger partial charge in [-0.3, -0.25) is 9.69 Å². The first-order valence-corrected chi connectivity index (χ1v) is 9.15. The summed E-state index contributed by atoms with van der Waals surface area (Å²) in [4.78, 5) is 21.6. The number of hydrogen-bond donors (Lipinski definition) is 1. The van der Waals surface area contributed by atoms with Gasteiger partial charge in [-0.05, 0) is 31.5 Å². The Labute approximate surface area is 157 Å². The standard InChI is InChI=1S/C16H23N5O2S.ClH/c1-17-12-15(22)21-9-7-20(8-10-21)6-2-5-14-18-16(19-23-14)13-4-3-11-24-13;/h3-4,11,17H,2,5-10,12H2,1H3;1H. The van der Waals surface area contributed by atoms with E-state index in [1.54, 1.807) is 18.4 Å². The largest absolute Gasteiger partial charge is 0.339 e. The van der Waals surface area contributed by atoms with E-state index < -0.39 is 0 Å². The third kappa shape index (κ3) is 5.50. The number of likely N-dealkylation sites (N-methyl/N-ethyl adjacent to an activating group) is 1. The van der Waals surface area contributed by atoms with Crippen LogP contribution in [0.1, 0.15) is 12.3 Å². The Balaban J connectivity index is 0.00000225. The van der Waals surface area contributed by atoms with E-state index in [0.717, 1.165) is 50.4 Å². The van der Waals surface area contributed by atoms with Crippen molar-refractivity contribution in [2.75, 3.05) is 46.3 Å². The molecular formula is C16H24ClN5O2S. The molecule has 0 aromatic carbocycles. The molecule has 3 heterocycles. The highest BCUT2D eigenvalue weighted by molar-refractivity contribution is 7.13. The number of nitrogens with zero attached hydrogens (tertiary/aromatic N) is 4. The number of nitrogens with one attached hydrogen (secondary N) is 1. The molecule has 2 aromatic heterocycles. The second-order valence-corrected chi connectivity index (χ2v) is 6.79. The molecular weight excluding hydrogens is 362 g/mol. The third-order valence-electron chi connectivity index (χ3n) is 4.13. The van der Waals surface area contributed by atoms with E-state index in [0.29, 0.717) is 18.3 Å². The minimum atomic E-state index is 0. The maximum atomic E-state index is 11.8. The van der Waals surface area contributed by atoms with Crippen molar-refractivity contribution in [3.05, 3.63) is 23.4 Å². The number of carbonyl (C=O) groups excluding carboxylic acids is 1. The Hall–Kier alpha value is -1.48. The summed E-state index contributed by atoms with van der Waals surface area (Å²) in [7, 11) is 1.80. The van der Waals surface area contributed by atoms with E-state index in [4.69, 9.17) is 4.52 Å². The van der Waals surface area contributed by atoms with Gasteiger partial charge in [0.1, 0.15) is 0 Å². The smallest absolute Gasteiger partial charge is 0.236 e. The normalized spacial score (nSPS) is 15.2. The molecule has 7 nitrogen and oxygen atoms in total. The fourth-order valence-electron chi connectivity index (χ4n) is 2.80. The van der Waals surface area contributed by atoms with Gasteiger partial charge >= 0.3 is 0 Å². The third-order valence-corrected chi connectivity index (χ3v) is 4.99. The van der Waals surface area contributed by atoms with E-state index in [1.165, 1.54) is 0 Å². The van der Waals surface area contributed by atoms with Gasteiger partial charge in [0.05, 0.1) is 11.4 Å². The van der Waals surface area contributed by atoms with Crippen LogP contribution in [0.4, 0.5) is 0 Å². The molecule has 0 unspecified atom stereocenters. The summed E-state index contributed by atoms with van der Waals surface area (Å²) in [5.74, 6) is 1.56. The molecule has 2 aromatic rings. The van der Waals surface area contributed by atoms with Gasteiger partial charge in [0.2, 0.25) is 17.6 Å². The van der Waals surface area contributed by atoms with Crippen molar-refractivity contribution < 1.29 is 9.32 Å². The Kier molecular flexibility index (Phi) is 7.83. The number of rotatable bonds is 7. The highest BCUT2D eigenvalue weighted by atomic mass is 35.5. The van der Waals surface area contributed by atoms with Crippen LogP contribution in [-0.4, -0.2) is 72.2 Å². The number of hydrogen-bond acceptors (Lipinski definition) is 7. The average Bonchev–Trinajstić information content (AvgIpc) is 3.27. The maximum Gasteiger partial charge on any atom is 0.236 e. The van der Waals surface area contributed by atoms with Crippen LogP contribution in [0, 0.1) is 0 Å². The first-order chi connectivity index (χ1) is 11.8. The lowest BCUT2D eigenvalue weighted by Crippen LogP contribution is -2.50. The van der Waals surface area contributed by atoms with E-state index in [-0.39, 0.29) is 18.3 Å². The molecule has 1 aliphatic rings. The Morgan fingerprint density at radius 2 is 2.16 bits per heavy atom. The molecule has 3 rings (SSSR count). The lowest BCUT2D eigenvalue weighted by atomic mass is 10.2. The summed E-state index contributed by atoms with van der Waals surface area (Å²) in [6, 6.07) is 3.98. The van der Waals surface area contributed by atoms with Gasteiger partial charge in [0.15, 0.2) is 0 Å². The van der Waals surface area contributed by atoms with Crippen molar-refractivity contribution in [1.82, 2.24) is 25.3 Å². The van der Waals surface area contributed by atoms with Crippen LogP contribution in [0.25, 0.3) is 10.7 Å². The summed E-state index contributed by atoms with van der Waals surface area (Å²) in [5.41, 5.74) is 0. The van der Waals surface area contributed by atoms with Gasteiger partial charge in [-0.1, -0.05) is 11.2 Å². The average molecular weight is 386 g/mol. The van der Waals surface area contributed by atoms with Crippen molar-refractivity contribution in [3.63, 3.8) is 0 Å². The van der Waals surface area contributed by atoms with Gasteiger partial charge in [-0.25, -0.2) is 0 Å². The molecule has 1 amide bonds. The lowest BCUT2D eigenvalue weighted by molar-refractivity contribution is -0.131. The Morgan fingerprint density at radius 3 is 2.84 bits per heavy atom. The number of carbonyl (C=O) groups is 1. The van der Waals surface area contributed by atoms with E-state index in [2.05, 4.69) is 20.4 Å². The second-order valence-electron chi connectivity index (χ2n) is 5.85. The summed E-state index contributed by atoms with van der Waals surface area (Å²) >= 11 is 1.61. The van der Waals surface area contributed by atoms with Crippen LogP contribution in [0.2, 0.25) is 0 Å². The Bertz CT molecular complexity index is 641.